The molecule has 296 valence electrons. The Morgan fingerprint density at radius 1 is 0.317 bits per heavy atom. The lowest BCUT2D eigenvalue weighted by Crippen LogP contribution is -2.11. The van der Waals surface area contributed by atoms with E-state index >= 15 is 0 Å². The fourth-order valence-corrected chi connectivity index (χ4v) is 10.7. The number of anilines is 3. The van der Waals surface area contributed by atoms with Crippen LogP contribution in [0.1, 0.15) is 0 Å². The lowest BCUT2D eigenvalue weighted by molar-refractivity contribution is 1.18. The van der Waals surface area contributed by atoms with Crippen molar-refractivity contribution in [2.24, 2.45) is 0 Å². The number of aromatic nitrogens is 1. The summed E-state index contributed by atoms with van der Waals surface area (Å²) in [5, 5.41) is 5.05. The van der Waals surface area contributed by atoms with E-state index in [9.17, 15) is 0 Å². The quantitative estimate of drug-likeness (QED) is 0.148. The Morgan fingerprint density at radius 2 is 0.905 bits per heavy atom. The molecule has 0 N–H and O–H groups in total. The molecule has 0 saturated carbocycles. The molecule has 0 atom stereocenters. The molecule has 0 aliphatic rings. The molecule has 0 bridgehead atoms. The molecule has 12 aromatic rings. The molecule has 12 rings (SSSR count). The van der Waals surface area contributed by atoms with E-state index in [1.54, 1.807) is 0 Å². The zero-order chi connectivity index (χ0) is 41.7. The molecule has 0 radical (unpaired) electrons. The Balaban J connectivity index is 1.09. The largest absolute Gasteiger partial charge is 0.310 e. The topological polar surface area (TPSA) is 8.17 Å². The van der Waals surface area contributed by atoms with Crippen LogP contribution in [-0.4, -0.2) is 4.57 Å². The maximum absolute atomic E-state index is 2.47. The number of thiophene rings is 1. The zero-order valence-corrected chi connectivity index (χ0v) is 35.2. The number of nitrogens with zero attached hydrogens (tertiary/aromatic N) is 2. The van der Waals surface area contributed by atoms with Gasteiger partial charge in [0.05, 0.1) is 22.4 Å². The number of benzene rings is 10. The average Bonchev–Trinajstić information content (AvgIpc) is 3.91. The van der Waals surface area contributed by atoms with Crippen molar-refractivity contribution in [3.8, 4) is 50.2 Å². The van der Waals surface area contributed by atoms with E-state index in [4.69, 9.17) is 0 Å². The van der Waals surface area contributed by atoms with Crippen LogP contribution in [0, 0.1) is 0 Å². The highest BCUT2D eigenvalue weighted by molar-refractivity contribution is 7.26. The van der Waals surface area contributed by atoms with Crippen LogP contribution >= 0.6 is 11.3 Å². The SMILES string of the molecule is c1ccc(-c2ccc(-n3c4ccccc4c4ccc(N(c5ccccc5)c5ccc(-c6cccc7c6sc6ccccc67)cc5-c5ccccc5)cc43)c(-c3ccccc3)c2)cc1. The van der Waals surface area contributed by atoms with Gasteiger partial charge in [0.2, 0.25) is 0 Å². The molecular weight excluding hydrogens is 781 g/mol. The van der Waals surface area contributed by atoms with Crippen LogP contribution in [0.2, 0.25) is 0 Å². The molecule has 10 aromatic carbocycles. The number of hydrogen-bond acceptors (Lipinski definition) is 2. The first-order chi connectivity index (χ1) is 31.3. The van der Waals surface area contributed by atoms with Crippen molar-refractivity contribution in [1.29, 1.82) is 0 Å². The van der Waals surface area contributed by atoms with Gasteiger partial charge < -0.3 is 9.47 Å². The Labute approximate surface area is 370 Å². The predicted molar refractivity (Wildman–Crippen MR) is 270 cm³/mol. The van der Waals surface area contributed by atoms with Crippen molar-refractivity contribution in [3.63, 3.8) is 0 Å². The Kier molecular flexibility index (Phi) is 9.06. The van der Waals surface area contributed by atoms with Gasteiger partial charge in [0, 0.05) is 53.4 Å². The van der Waals surface area contributed by atoms with Gasteiger partial charge in [-0.15, -0.1) is 11.3 Å². The van der Waals surface area contributed by atoms with Crippen LogP contribution in [-0.2, 0) is 0 Å². The predicted octanol–water partition coefficient (Wildman–Crippen LogP) is 17.3. The van der Waals surface area contributed by atoms with Gasteiger partial charge in [0.1, 0.15) is 0 Å². The fraction of sp³-hybridized carbons (Fsp3) is 0. The van der Waals surface area contributed by atoms with Crippen molar-refractivity contribution in [1.82, 2.24) is 4.57 Å². The molecule has 0 saturated heterocycles. The molecule has 0 fully saturated rings. The maximum Gasteiger partial charge on any atom is 0.0562 e. The number of rotatable bonds is 8. The number of fused-ring (bicyclic) bond motifs is 6. The molecular formula is C60H40N2S. The third-order valence-corrected chi connectivity index (χ3v) is 13.6. The highest BCUT2D eigenvalue weighted by atomic mass is 32.1. The fourth-order valence-electron chi connectivity index (χ4n) is 9.47. The maximum atomic E-state index is 2.47. The van der Waals surface area contributed by atoms with Crippen molar-refractivity contribution in [2.45, 2.75) is 0 Å². The lowest BCUT2D eigenvalue weighted by Gasteiger charge is -2.28. The first kappa shape index (κ1) is 36.8. The Hall–Kier alpha value is -7.98. The molecule has 0 aliphatic carbocycles. The summed E-state index contributed by atoms with van der Waals surface area (Å²) in [6, 6.07) is 88.4. The standard InChI is InChI=1S/C60H40N2S/c1-5-18-41(19-6-1)44-32-36-57(53(38-44)42-20-7-2-8-21-42)62-55-30-15-13-26-49(55)50-35-34-47(40-58(50)62)61(46-24-11-4-12-25-46)56-37-33-45(39-54(56)43-22-9-3-10-23-43)48-28-17-29-52-51-27-14-16-31-59(51)63-60(48)52/h1-40H. The summed E-state index contributed by atoms with van der Waals surface area (Å²) in [5.41, 5.74) is 16.3. The van der Waals surface area contributed by atoms with Crippen LogP contribution in [0.4, 0.5) is 17.1 Å². The van der Waals surface area contributed by atoms with Gasteiger partial charge in [-0.25, -0.2) is 0 Å². The summed E-state index contributed by atoms with van der Waals surface area (Å²) in [6.45, 7) is 0. The second kappa shape index (κ2) is 15.5. The smallest absolute Gasteiger partial charge is 0.0562 e. The molecule has 0 unspecified atom stereocenters. The first-order valence-electron chi connectivity index (χ1n) is 21.5. The van der Waals surface area contributed by atoms with Crippen LogP contribution in [0.5, 0.6) is 0 Å². The molecule has 3 heteroatoms. The van der Waals surface area contributed by atoms with Gasteiger partial charge >= 0.3 is 0 Å². The minimum atomic E-state index is 1.08. The van der Waals surface area contributed by atoms with E-state index < -0.39 is 0 Å². The molecule has 2 nitrogen and oxygen atoms in total. The Bertz CT molecular complexity index is 3610. The van der Waals surface area contributed by atoms with Gasteiger partial charge in [0.25, 0.3) is 0 Å². The number of para-hydroxylation sites is 2. The Morgan fingerprint density at radius 3 is 1.67 bits per heavy atom. The van der Waals surface area contributed by atoms with Crippen LogP contribution in [0.25, 0.3) is 92.2 Å². The summed E-state index contributed by atoms with van der Waals surface area (Å²) in [4.78, 5) is 2.43. The molecule has 0 amide bonds. The van der Waals surface area contributed by atoms with Crippen molar-refractivity contribution in [3.05, 3.63) is 243 Å². The van der Waals surface area contributed by atoms with Crippen molar-refractivity contribution < 1.29 is 0 Å². The summed E-state index contributed by atoms with van der Waals surface area (Å²) >= 11 is 1.88. The van der Waals surface area contributed by atoms with E-state index in [0.29, 0.717) is 0 Å². The molecule has 2 aromatic heterocycles. The van der Waals surface area contributed by atoms with Crippen LogP contribution in [0.15, 0.2) is 243 Å². The van der Waals surface area contributed by atoms with Gasteiger partial charge in [-0.2, -0.15) is 0 Å². The minimum absolute atomic E-state index is 1.08. The number of hydrogen-bond donors (Lipinski definition) is 0. The van der Waals surface area contributed by atoms with E-state index in [0.717, 1.165) is 28.3 Å². The lowest BCUT2D eigenvalue weighted by atomic mass is 9.95. The summed E-state index contributed by atoms with van der Waals surface area (Å²) in [5.74, 6) is 0. The summed E-state index contributed by atoms with van der Waals surface area (Å²) in [6.07, 6.45) is 0. The molecule has 2 heterocycles. The zero-order valence-electron chi connectivity index (χ0n) is 34.4. The van der Waals surface area contributed by atoms with Gasteiger partial charge in [-0.1, -0.05) is 182 Å². The molecule has 0 aliphatic heterocycles. The van der Waals surface area contributed by atoms with Crippen molar-refractivity contribution >= 4 is 70.4 Å². The second-order valence-corrected chi connectivity index (χ2v) is 17.1. The highest BCUT2D eigenvalue weighted by Gasteiger charge is 2.22. The van der Waals surface area contributed by atoms with E-state index in [1.165, 1.54) is 81.0 Å². The van der Waals surface area contributed by atoms with E-state index in [-0.39, 0.29) is 0 Å². The molecule has 0 spiro atoms. The summed E-state index contributed by atoms with van der Waals surface area (Å²) < 4.78 is 5.10. The summed E-state index contributed by atoms with van der Waals surface area (Å²) in [7, 11) is 0. The third kappa shape index (κ3) is 6.41. The second-order valence-electron chi connectivity index (χ2n) is 16.1. The molecule has 63 heavy (non-hydrogen) atoms. The van der Waals surface area contributed by atoms with E-state index in [1.807, 2.05) is 11.3 Å². The van der Waals surface area contributed by atoms with Gasteiger partial charge in [0.15, 0.2) is 0 Å². The van der Waals surface area contributed by atoms with Crippen LogP contribution in [0.3, 0.4) is 0 Å². The third-order valence-electron chi connectivity index (χ3n) is 12.4. The van der Waals surface area contributed by atoms with Crippen LogP contribution < -0.4 is 4.90 Å². The van der Waals surface area contributed by atoms with Gasteiger partial charge in [-0.3, -0.25) is 0 Å². The van der Waals surface area contributed by atoms with E-state index in [2.05, 4.69) is 252 Å². The average molecular weight is 821 g/mol. The normalized spacial score (nSPS) is 11.5. The first-order valence-corrected chi connectivity index (χ1v) is 22.3. The minimum Gasteiger partial charge on any atom is -0.310 e. The monoisotopic (exact) mass is 820 g/mol. The van der Waals surface area contributed by atoms with Gasteiger partial charge in [-0.05, 0) is 94.0 Å². The highest BCUT2D eigenvalue weighted by Crippen LogP contribution is 2.47. The van der Waals surface area contributed by atoms with Crippen molar-refractivity contribution in [2.75, 3.05) is 4.90 Å².